The van der Waals surface area contributed by atoms with E-state index in [0.29, 0.717) is 13.0 Å². The number of benzene rings is 2. The summed E-state index contributed by atoms with van der Waals surface area (Å²) >= 11 is 0. The lowest BCUT2D eigenvalue weighted by Crippen LogP contribution is -2.46. The van der Waals surface area contributed by atoms with Crippen LogP contribution >= 0.6 is 0 Å². The number of hydrogen-bond donors (Lipinski definition) is 1. The average molecular weight is 319 g/mol. The largest absolute Gasteiger partial charge is 0.325 e. The molecule has 0 bridgehead atoms. The van der Waals surface area contributed by atoms with Crippen LogP contribution < -0.4 is 5.73 Å². The Morgan fingerprint density at radius 3 is 2.50 bits per heavy atom. The Bertz CT molecular complexity index is 734. The first-order chi connectivity index (χ1) is 11.7. The number of nitrogens with zero attached hydrogens (tertiary/aromatic N) is 2. The van der Waals surface area contributed by atoms with E-state index in [0.717, 1.165) is 24.0 Å². The van der Waals surface area contributed by atoms with Gasteiger partial charge in [-0.25, -0.2) is 0 Å². The Morgan fingerprint density at radius 2 is 1.83 bits per heavy atom. The number of nitriles is 1. The zero-order valence-corrected chi connectivity index (χ0v) is 13.6. The number of carbonyl (C=O) groups is 1. The highest BCUT2D eigenvalue weighted by Crippen LogP contribution is 2.21. The number of amides is 1. The molecule has 24 heavy (non-hydrogen) atoms. The number of carbonyl (C=O) groups excluding carboxylic acids is 1. The SMILES string of the molecule is N#C[C@@H]1CCCN1C(=O)C(N)Cc1ccc(-c2ccccc2)cc1. The van der Waals surface area contributed by atoms with Crippen LogP contribution in [0.25, 0.3) is 11.1 Å². The number of hydrogen-bond acceptors (Lipinski definition) is 3. The molecule has 0 aromatic heterocycles. The number of rotatable bonds is 4. The molecule has 4 nitrogen and oxygen atoms in total. The Labute approximate surface area is 142 Å². The van der Waals surface area contributed by atoms with Crippen LogP contribution in [0, 0.1) is 11.3 Å². The first-order valence-corrected chi connectivity index (χ1v) is 8.29. The topological polar surface area (TPSA) is 70.1 Å². The fourth-order valence-electron chi connectivity index (χ4n) is 3.18. The van der Waals surface area contributed by atoms with Gasteiger partial charge in [-0.15, -0.1) is 0 Å². The van der Waals surface area contributed by atoms with Crippen molar-refractivity contribution in [1.29, 1.82) is 5.26 Å². The van der Waals surface area contributed by atoms with E-state index in [-0.39, 0.29) is 11.9 Å². The molecular formula is C20H21N3O. The van der Waals surface area contributed by atoms with Crippen molar-refractivity contribution in [2.45, 2.75) is 31.3 Å². The van der Waals surface area contributed by atoms with Crippen LogP contribution in [0.3, 0.4) is 0 Å². The van der Waals surface area contributed by atoms with E-state index in [2.05, 4.69) is 30.3 Å². The van der Waals surface area contributed by atoms with Crippen molar-refractivity contribution in [1.82, 2.24) is 4.90 Å². The summed E-state index contributed by atoms with van der Waals surface area (Å²) in [4.78, 5) is 14.1. The van der Waals surface area contributed by atoms with Crippen molar-refractivity contribution in [2.75, 3.05) is 6.54 Å². The molecule has 1 fully saturated rings. The summed E-state index contributed by atoms with van der Waals surface area (Å²) in [5, 5.41) is 9.11. The highest BCUT2D eigenvalue weighted by atomic mass is 16.2. The maximum Gasteiger partial charge on any atom is 0.240 e. The Hall–Kier alpha value is -2.64. The van der Waals surface area contributed by atoms with Gasteiger partial charge in [0.25, 0.3) is 0 Å². The average Bonchev–Trinajstić information content (AvgIpc) is 3.11. The predicted molar refractivity (Wildman–Crippen MR) is 93.9 cm³/mol. The van der Waals surface area contributed by atoms with Gasteiger partial charge >= 0.3 is 0 Å². The van der Waals surface area contributed by atoms with Gasteiger partial charge in [0.2, 0.25) is 5.91 Å². The van der Waals surface area contributed by atoms with Gasteiger partial charge < -0.3 is 10.6 Å². The molecule has 1 aliphatic heterocycles. The molecular weight excluding hydrogens is 298 g/mol. The lowest BCUT2D eigenvalue weighted by Gasteiger charge is -2.23. The normalized spacial score (nSPS) is 18.2. The van der Waals surface area contributed by atoms with E-state index in [9.17, 15) is 4.79 Å². The zero-order chi connectivity index (χ0) is 16.9. The minimum absolute atomic E-state index is 0.119. The third-order valence-electron chi connectivity index (χ3n) is 4.52. The van der Waals surface area contributed by atoms with Crippen LogP contribution in [-0.4, -0.2) is 29.4 Å². The molecule has 2 aromatic carbocycles. The van der Waals surface area contributed by atoms with Crippen molar-refractivity contribution in [3.05, 3.63) is 60.2 Å². The smallest absolute Gasteiger partial charge is 0.240 e. The van der Waals surface area contributed by atoms with Gasteiger partial charge in [0.1, 0.15) is 6.04 Å². The highest BCUT2D eigenvalue weighted by Gasteiger charge is 2.31. The third kappa shape index (κ3) is 3.47. The van der Waals surface area contributed by atoms with E-state index in [4.69, 9.17) is 11.0 Å². The molecule has 0 spiro atoms. The maximum atomic E-state index is 12.5. The fraction of sp³-hybridized carbons (Fsp3) is 0.300. The van der Waals surface area contributed by atoms with Gasteiger partial charge in [-0.3, -0.25) is 4.79 Å². The molecule has 4 heteroatoms. The van der Waals surface area contributed by atoms with Gasteiger partial charge in [0.15, 0.2) is 0 Å². The second-order valence-electron chi connectivity index (χ2n) is 6.19. The van der Waals surface area contributed by atoms with Crippen LogP contribution in [0.15, 0.2) is 54.6 Å². The molecule has 2 aromatic rings. The standard InChI is InChI=1S/C20H21N3O/c21-14-18-7-4-12-23(18)20(24)19(22)13-15-8-10-17(11-9-15)16-5-2-1-3-6-16/h1-3,5-6,8-11,18-19H,4,7,12-13,22H2/t18-,19?/m0/s1. The Kier molecular flexibility index (Phi) is 4.93. The van der Waals surface area contributed by atoms with E-state index < -0.39 is 6.04 Å². The van der Waals surface area contributed by atoms with Gasteiger partial charge in [-0.2, -0.15) is 5.26 Å². The van der Waals surface area contributed by atoms with Crippen LogP contribution in [0.4, 0.5) is 0 Å². The molecule has 3 rings (SSSR count). The van der Waals surface area contributed by atoms with E-state index >= 15 is 0 Å². The van der Waals surface area contributed by atoms with Gasteiger partial charge in [0, 0.05) is 6.54 Å². The number of likely N-dealkylation sites (tertiary alicyclic amines) is 1. The first-order valence-electron chi connectivity index (χ1n) is 8.29. The summed E-state index contributed by atoms with van der Waals surface area (Å²) in [6.07, 6.45) is 2.12. The van der Waals surface area contributed by atoms with Gasteiger partial charge in [-0.05, 0) is 36.0 Å². The van der Waals surface area contributed by atoms with Crippen molar-refractivity contribution >= 4 is 5.91 Å². The summed E-state index contributed by atoms with van der Waals surface area (Å²) in [6, 6.07) is 19.6. The molecule has 1 saturated heterocycles. The summed E-state index contributed by atoms with van der Waals surface area (Å²) in [5.74, 6) is -0.119. The summed E-state index contributed by atoms with van der Waals surface area (Å²) in [5.41, 5.74) is 9.43. The lowest BCUT2D eigenvalue weighted by atomic mass is 10.0. The fourth-order valence-corrected chi connectivity index (χ4v) is 3.18. The molecule has 2 N–H and O–H groups in total. The molecule has 0 aliphatic carbocycles. The molecule has 2 atom stereocenters. The van der Waals surface area contributed by atoms with Crippen LogP contribution in [0.5, 0.6) is 0 Å². The summed E-state index contributed by atoms with van der Waals surface area (Å²) < 4.78 is 0. The molecule has 0 radical (unpaired) electrons. The van der Waals surface area contributed by atoms with Crippen molar-refractivity contribution in [3.8, 4) is 17.2 Å². The third-order valence-corrected chi connectivity index (χ3v) is 4.52. The lowest BCUT2D eigenvalue weighted by molar-refractivity contribution is -0.132. The van der Waals surface area contributed by atoms with Gasteiger partial charge in [-0.1, -0.05) is 54.6 Å². The molecule has 122 valence electrons. The van der Waals surface area contributed by atoms with Crippen LogP contribution in [0.2, 0.25) is 0 Å². The summed E-state index contributed by atoms with van der Waals surface area (Å²) in [6.45, 7) is 0.637. The molecule has 0 saturated carbocycles. The monoisotopic (exact) mass is 319 g/mol. The van der Waals surface area contributed by atoms with Crippen molar-refractivity contribution in [3.63, 3.8) is 0 Å². The minimum atomic E-state index is -0.596. The van der Waals surface area contributed by atoms with E-state index in [1.165, 1.54) is 5.56 Å². The molecule has 1 unspecified atom stereocenters. The highest BCUT2D eigenvalue weighted by molar-refractivity contribution is 5.83. The second kappa shape index (κ2) is 7.29. The minimum Gasteiger partial charge on any atom is -0.325 e. The predicted octanol–water partition coefficient (Wildman–Crippen LogP) is 2.74. The molecule has 1 aliphatic rings. The second-order valence-corrected chi connectivity index (χ2v) is 6.19. The first kappa shape index (κ1) is 16.2. The summed E-state index contributed by atoms with van der Waals surface area (Å²) in [7, 11) is 0. The van der Waals surface area contributed by atoms with Crippen molar-refractivity contribution < 1.29 is 4.79 Å². The van der Waals surface area contributed by atoms with Gasteiger partial charge in [0.05, 0.1) is 12.1 Å². The number of nitrogens with two attached hydrogens (primary N) is 1. The van der Waals surface area contributed by atoms with Crippen LogP contribution in [-0.2, 0) is 11.2 Å². The molecule has 1 heterocycles. The Morgan fingerprint density at radius 1 is 1.17 bits per heavy atom. The Balaban J connectivity index is 1.65. The van der Waals surface area contributed by atoms with Crippen molar-refractivity contribution in [2.24, 2.45) is 5.73 Å². The van der Waals surface area contributed by atoms with E-state index in [1.807, 2.05) is 30.3 Å². The quantitative estimate of drug-likeness (QED) is 0.942. The maximum absolute atomic E-state index is 12.5. The molecule has 1 amide bonds. The zero-order valence-electron chi connectivity index (χ0n) is 13.6. The van der Waals surface area contributed by atoms with E-state index in [1.54, 1.807) is 4.90 Å². The van der Waals surface area contributed by atoms with Crippen LogP contribution in [0.1, 0.15) is 18.4 Å².